The summed E-state index contributed by atoms with van der Waals surface area (Å²) in [5.41, 5.74) is 2.11. The molecule has 0 saturated carbocycles. The van der Waals surface area contributed by atoms with Gasteiger partial charge < -0.3 is 5.32 Å². The fourth-order valence-corrected chi connectivity index (χ4v) is 2.09. The van der Waals surface area contributed by atoms with Gasteiger partial charge in [-0.15, -0.1) is 0 Å². The predicted molar refractivity (Wildman–Crippen MR) is 79.4 cm³/mol. The summed E-state index contributed by atoms with van der Waals surface area (Å²) in [5, 5.41) is 8.15. The van der Waals surface area contributed by atoms with Gasteiger partial charge in [-0.2, -0.15) is 5.10 Å². The average molecular weight is 273 g/mol. The van der Waals surface area contributed by atoms with Gasteiger partial charge in [0.05, 0.1) is 17.4 Å². The molecule has 5 heteroatoms. The first-order valence-corrected chi connectivity index (χ1v) is 7.24. The minimum absolute atomic E-state index is 0.188. The Bertz CT molecular complexity index is 506. The Kier molecular flexibility index (Phi) is 5.24. The smallest absolute Gasteiger partial charge is 0.115 e. The van der Waals surface area contributed by atoms with E-state index in [9.17, 15) is 0 Å². The highest BCUT2D eigenvalue weighted by molar-refractivity contribution is 5.11. The molecule has 0 aliphatic carbocycles. The van der Waals surface area contributed by atoms with Crippen molar-refractivity contribution in [2.75, 3.05) is 6.54 Å². The lowest BCUT2D eigenvalue weighted by Crippen LogP contribution is -2.25. The van der Waals surface area contributed by atoms with Crippen LogP contribution in [-0.4, -0.2) is 26.3 Å². The van der Waals surface area contributed by atoms with E-state index in [-0.39, 0.29) is 6.04 Å². The maximum atomic E-state index is 4.62. The van der Waals surface area contributed by atoms with E-state index in [0.717, 1.165) is 30.8 Å². The fraction of sp³-hybridized carbons (Fsp3) is 0.533. The van der Waals surface area contributed by atoms with Gasteiger partial charge in [0.2, 0.25) is 0 Å². The molecule has 108 valence electrons. The summed E-state index contributed by atoms with van der Waals surface area (Å²) in [6, 6.07) is 4.63. The Balaban J connectivity index is 2.10. The first-order valence-electron chi connectivity index (χ1n) is 7.24. The van der Waals surface area contributed by atoms with Crippen LogP contribution >= 0.6 is 0 Å². The van der Waals surface area contributed by atoms with Crippen molar-refractivity contribution in [3.63, 3.8) is 0 Å². The molecule has 1 N–H and O–H groups in total. The Morgan fingerprint density at radius 1 is 1.30 bits per heavy atom. The molecule has 0 amide bonds. The van der Waals surface area contributed by atoms with Crippen LogP contribution in [0, 0.1) is 0 Å². The molecule has 2 heterocycles. The number of nitrogens with zero attached hydrogens (tertiary/aromatic N) is 4. The highest BCUT2D eigenvalue weighted by Crippen LogP contribution is 2.16. The maximum absolute atomic E-state index is 4.62. The third kappa shape index (κ3) is 3.87. The van der Waals surface area contributed by atoms with Gasteiger partial charge in [0, 0.05) is 24.9 Å². The van der Waals surface area contributed by atoms with Gasteiger partial charge in [-0.05, 0) is 38.9 Å². The molecule has 1 atom stereocenters. The molecule has 0 aromatic carbocycles. The maximum Gasteiger partial charge on any atom is 0.115 e. The van der Waals surface area contributed by atoms with Crippen LogP contribution in [-0.2, 0) is 6.42 Å². The summed E-state index contributed by atoms with van der Waals surface area (Å²) in [6.45, 7) is 7.40. The van der Waals surface area contributed by atoms with Crippen molar-refractivity contribution < 1.29 is 0 Å². The van der Waals surface area contributed by atoms with E-state index >= 15 is 0 Å². The summed E-state index contributed by atoms with van der Waals surface area (Å²) in [6.07, 6.45) is 7.37. The molecule has 2 aromatic rings. The largest absolute Gasteiger partial charge is 0.308 e. The van der Waals surface area contributed by atoms with E-state index in [2.05, 4.69) is 47.2 Å². The third-order valence-electron chi connectivity index (χ3n) is 3.21. The molecule has 0 saturated heterocycles. The van der Waals surface area contributed by atoms with Crippen molar-refractivity contribution in [1.29, 1.82) is 0 Å². The van der Waals surface area contributed by atoms with Crippen LogP contribution in [0.1, 0.15) is 50.7 Å². The van der Waals surface area contributed by atoms with Gasteiger partial charge in [0.1, 0.15) is 6.33 Å². The third-order valence-corrected chi connectivity index (χ3v) is 3.21. The minimum Gasteiger partial charge on any atom is -0.308 e. The van der Waals surface area contributed by atoms with Crippen molar-refractivity contribution in [3.8, 4) is 0 Å². The lowest BCUT2D eigenvalue weighted by atomic mass is 10.1. The lowest BCUT2D eigenvalue weighted by Gasteiger charge is -2.16. The molecule has 5 nitrogen and oxygen atoms in total. The molecule has 2 rings (SSSR count). The average Bonchev–Trinajstić information content (AvgIpc) is 2.93. The van der Waals surface area contributed by atoms with E-state index in [1.165, 1.54) is 0 Å². The van der Waals surface area contributed by atoms with Crippen LogP contribution in [0.25, 0.3) is 0 Å². The quantitative estimate of drug-likeness (QED) is 0.842. The Morgan fingerprint density at radius 3 is 2.75 bits per heavy atom. The highest BCUT2D eigenvalue weighted by atomic mass is 15.3. The fourth-order valence-electron chi connectivity index (χ4n) is 2.09. The molecule has 2 aromatic heterocycles. The minimum atomic E-state index is 0.188. The number of nitrogens with one attached hydrogen (secondary N) is 1. The van der Waals surface area contributed by atoms with E-state index in [4.69, 9.17) is 0 Å². The van der Waals surface area contributed by atoms with Crippen molar-refractivity contribution in [1.82, 2.24) is 25.1 Å². The molecule has 0 aliphatic rings. The number of hydrogen-bond donors (Lipinski definition) is 1. The second kappa shape index (κ2) is 7.14. The Labute approximate surface area is 120 Å². The van der Waals surface area contributed by atoms with Gasteiger partial charge in [0.25, 0.3) is 0 Å². The molecular weight excluding hydrogens is 250 g/mol. The van der Waals surface area contributed by atoms with Crippen molar-refractivity contribution >= 4 is 0 Å². The van der Waals surface area contributed by atoms with E-state index in [0.29, 0.717) is 6.04 Å². The molecule has 0 aliphatic heterocycles. The Hall–Kier alpha value is -1.75. The molecule has 0 radical (unpaired) electrons. The van der Waals surface area contributed by atoms with E-state index in [1.807, 2.05) is 16.9 Å². The molecule has 1 unspecified atom stereocenters. The van der Waals surface area contributed by atoms with Gasteiger partial charge in [0.15, 0.2) is 0 Å². The second-order valence-corrected chi connectivity index (χ2v) is 5.23. The monoisotopic (exact) mass is 273 g/mol. The lowest BCUT2D eigenvalue weighted by molar-refractivity contribution is 0.492. The molecular formula is C15H23N5. The topological polar surface area (TPSA) is 55.6 Å². The SMILES string of the molecule is CCCNC(Cc1ccn(C(C)C)n1)c1ccncn1. The highest BCUT2D eigenvalue weighted by Gasteiger charge is 2.14. The van der Waals surface area contributed by atoms with Crippen LogP contribution in [0.15, 0.2) is 30.9 Å². The summed E-state index contributed by atoms with van der Waals surface area (Å²) in [7, 11) is 0. The van der Waals surface area contributed by atoms with Gasteiger partial charge >= 0.3 is 0 Å². The summed E-state index contributed by atoms with van der Waals surface area (Å²) in [4.78, 5) is 8.35. The van der Waals surface area contributed by atoms with Crippen LogP contribution in [0.5, 0.6) is 0 Å². The van der Waals surface area contributed by atoms with E-state index in [1.54, 1.807) is 12.5 Å². The zero-order valence-corrected chi connectivity index (χ0v) is 12.5. The van der Waals surface area contributed by atoms with Crippen LogP contribution in [0.2, 0.25) is 0 Å². The first-order chi connectivity index (χ1) is 9.70. The standard InChI is InChI=1S/C15H23N5/c1-4-7-17-15(14-5-8-16-11-18-14)10-13-6-9-20(19-13)12(2)3/h5-6,8-9,11-12,15,17H,4,7,10H2,1-3H3. The summed E-state index contributed by atoms with van der Waals surface area (Å²) < 4.78 is 1.99. The predicted octanol–water partition coefficient (Wildman–Crippen LogP) is 2.54. The number of rotatable bonds is 7. The van der Waals surface area contributed by atoms with Gasteiger partial charge in [-0.3, -0.25) is 4.68 Å². The van der Waals surface area contributed by atoms with E-state index < -0.39 is 0 Å². The normalized spacial score (nSPS) is 12.8. The van der Waals surface area contributed by atoms with Crippen LogP contribution < -0.4 is 5.32 Å². The van der Waals surface area contributed by atoms with Crippen LogP contribution in [0.3, 0.4) is 0 Å². The van der Waals surface area contributed by atoms with Crippen molar-refractivity contribution in [2.24, 2.45) is 0 Å². The van der Waals surface area contributed by atoms with Crippen LogP contribution in [0.4, 0.5) is 0 Å². The van der Waals surface area contributed by atoms with Gasteiger partial charge in [-0.25, -0.2) is 9.97 Å². The molecule has 20 heavy (non-hydrogen) atoms. The first kappa shape index (κ1) is 14.7. The number of aromatic nitrogens is 4. The summed E-state index contributed by atoms with van der Waals surface area (Å²) in [5.74, 6) is 0. The van der Waals surface area contributed by atoms with Crippen molar-refractivity contribution in [2.45, 2.75) is 45.7 Å². The zero-order chi connectivity index (χ0) is 14.4. The van der Waals surface area contributed by atoms with Crippen molar-refractivity contribution in [3.05, 3.63) is 42.2 Å². The number of hydrogen-bond acceptors (Lipinski definition) is 4. The summed E-state index contributed by atoms with van der Waals surface area (Å²) >= 11 is 0. The second-order valence-electron chi connectivity index (χ2n) is 5.23. The molecule has 0 fully saturated rings. The Morgan fingerprint density at radius 2 is 2.15 bits per heavy atom. The van der Waals surface area contributed by atoms with Gasteiger partial charge in [-0.1, -0.05) is 6.92 Å². The molecule has 0 bridgehead atoms. The zero-order valence-electron chi connectivity index (χ0n) is 12.5. The molecule has 0 spiro atoms.